The molecule has 4 atom stereocenters. The molecule has 0 saturated carbocycles. The van der Waals surface area contributed by atoms with Gasteiger partial charge in [-0.2, -0.15) is 4.31 Å². The largest absolute Gasteiger partial charge is 0.465 e. The number of likely N-dealkylation sites (tertiary alicyclic amines) is 1. The van der Waals surface area contributed by atoms with Crippen LogP contribution in [0.5, 0.6) is 0 Å². The molecule has 2 aromatic rings. The summed E-state index contributed by atoms with van der Waals surface area (Å²) in [7, 11) is -2.69. The predicted molar refractivity (Wildman–Crippen MR) is 143 cm³/mol. The van der Waals surface area contributed by atoms with Gasteiger partial charge in [-0.1, -0.05) is 30.3 Å². The van der Waals surface area contributed by atoms with Gasteiger partial charge in [-0.05, 0) is 44.1 Å². The number of aryl methyl sites for hydroxylation is 2. The van der Waals surface area contributed by atoms with Crippen molar-refractivity contribution in [1.82, 2.24) is 14.5 Å². The summed E-state index contributed by atoms with van der Waals surface area (Å²) in [5.74, 6) is 0.0714. The van der Waals surface area contributed by atoms with Crippen molar-refractivity contribution in [3.05, 3.63) is 53.0 Å². The van der Waals surface area contributed by atoms with Crippen molar-refractivity contribution in [2.75, 3.05) is 53.0 Å². The third-order valence-electron chi connectivity index (χ3n) is 8.27. The number of fused-ring (bicyclic) bond motifs is 1. The number of benzene rings is 1. The predicted octanol–water partition coefficient (Wildman–Crippen LogP) is 2.52. The molecule has 5 rings (SSSR count). The van der Waals surface area contributed by atoms with Crippen LogP contribution in [0.25, 0.3) is 0 Å². The lowest BCUT2D eigenvalue weighted by atomic mass is 10.0. The quantitative estimate of drug-likeness (QED) is 0.466. The van der Waals surface area contributed by atoms with Crippen molar-refractivity contribution in [1.29, 1.82) is 0 Å². The summed E-state index contributed by atoms with van der Waals surface area (Å²) >= 11 is 0. The standard InChI is InChI=1S/C28H37N3O7S/c1-18-25(28(33)36-3)26(19(2)38-18)39(34,35)31-15-22-13-30(14-23(22)16-31)11-9-24(20-7-5-4-6-8-20)29-27(32)21-10-12-37-17-21/h4-8,21-24H,9-17H2,1-3H3,(H,29,32)/t21?,22?,23?,24-/m0/s1. The smallest absolute Gasteiger partial charge is 0.342 e. The highest BCUT2D eigenvalue weighted by Gasteiger charge is 2.46. The summed E-state index contributed by atoms with van der Waals surface area (Å²) in [5.41, 5.74) is 1.06. The Morgan fingerprint density at radius 2 is 1.77 bits per heavy atom. The number of carbonyl (C=O) groups excluding carboxylic acids is 2. The van der Waals surface area contributed by atoms with E-state index in [2.05, 4.69) is 10.2 Å². The minimum Gasteiger partial charge on any atom is -0.465 e. The van der Waals surface area contributed by atoms with Crippen LogP contribution in [0.2, 0.25) is 0 Å². The Kier molecular flexibility index (Phi) is 8.14. The summed E-state index contributed by atoms with van der Waals surface area (Å²) in [4.78, 5) is 27.5. The molecule has 1 N–H and O–H groups in total. The van der Waals surface area contributed by atoms with Crippen molar-refractivity contribution in [2.24, 2.45) is 17.8 Å². The van der Waals surface area contributed by atoms with Crippen molar-refractivity contribution < 1.29 is 31.9 Å². The third-order valence-corrected chi connectivity index (χ3v) is 10.3. The van der Waals surface area contributed by atoms with Gasteiger partial charge in [-0.3, -0.25) is 4.79 Å². The first-order chi connectivity index (χ1) is 18.7. The molecular formula is C28H37N3O7S. The van der Waals surface area contributed by atoms with E-state index in [4.69, 9.17) is 13.9 Å². The highest BCUT2D eigenvalue weighted by atomic mass is 32.2. The number of sulfonamides is 1. The molecule has 0 bridgehead atoms. The summed E-state index contributed by atoms with van der Waals surface area (Å²) in [6.45, 7) is 7.40. The van der Waals surface area contributed by atoms with Gasteiger partial charge in [0.1, 0.15) is 22.0 Å². The van der Waals surface area contributed by atoms with Gasteiger partial charge in [0.25, 0.3) is 0 Å². The summed E-state index contributed by atoms with van der Waals surface area (Å²) in [6.07, 6.45) is 1.52. The fraction of sp³-hybridized carbons (Fsp3) is 0.571. The molecule has 212 valence electrons. The van der Waals surface area contributed by atoms with E-state index >= 15 is 0 Å². The highest BCUT2D eigenvalue weighted by Crippen LogP contribution is 2.37. The first-order valence-electron chi connectivity index (χ1n) is 13.5. The SMILES string of the molecule is COC(=O)c1c(C)oc(C)c1S(=O)(=O)N1CC2CN(CC[C@H](NC(=O)C3CCOC3)c3ccccc3)CC2C1. The van der Waals surface area contributed by atoms with E-state index in [0.29, 0.717) is 26.3 Å². The summed E-state index contributed by atoms with van der Waals surface area (Å²) in [5, 5.41) is 3.24. The monoisotopic (exact) mass is 559 g/mol. The van der Waals surface area contributed by atoms with Gasteiger partial charge in [0.15, 0.2) is 0 Å². The van der Waals surface area contributed by atoms with Crippen molar-refractivity contribution in [3.63, 3.8) is 0 Å². The third kappa shape index (κ3) is 5.63. The maximum Gasteiger partial charge on any atom is 0.342 e. The molecule has 11 heteroatoms. The Morgan fingerprint density at radius 1 is 1.08 bits per heavy atom. The van der Waals surface area contributed by atoms with E-state index in [-0.39, 0.29) is 51.7 Å². The van der Waals surface area contributed by atoms with E-state index in [1.165, 1.54) is 11.4 Å². The number of hydrogen-bond acceptors (Lipinski definition) is 8. The first-order valence-corrected chi connectivity index (χ1v) is 15.0. The molecule has 0 spiro atoms. The van der Waals surface area contributed by atoms with Crippen LogP contribution in [-0.2, 0) is 24.3 Å². The van der Waals surface area contributed by atoms with Crippen LogP contribution in [0.15, 0.2) is 39.6 Å². The Labute approximate surface area is 229 Å². The average Bonchev–Trinajstić information content (AvgIpc) is 3.70. The minimum atomic E-state index is -3.91. The van der Waals surface area contributed by atoms with Crippen molar-refractivity contribution in [3.8, 4) is 0 Å². The van der Waals surface area contributed by atoms with E-state index in [1.54, 1.807) is 13.8 Å². The molecule has 3 fully saturated rings. The van der Waals surface area contributed by atoms with Crippen molar-refractivity contribution >= 4 is 21.9 Å². The van der Waals surface area contributed by atoms with Crippen LogP contribution in [0.1, 0.15) is 46.3 Å². The Balaban J connectivity index is 1.22. The second-order valence-corrected chi connectivity index (χ2v) is 12.7. The van der Waals surface area contributed by atoms with E-state index in [1.807, 2.05) is 30.3 Å². The molecular weight excluding hydrogens is 522 g/mol. The molecule has 0 radical (unpaired) electrons. The van der Waals surface area contributed by atoms with Gasteiger partial charge in [-0.25, -0.2) is 13.2 Å². The molecule has 1 aromatic carbocycles. The number of carbonyl (C=O) groups is 2. The number of methoxy groups -OCH3 is 1. The lowest BCUT2D eigenvalue weighted by Gasteiger charge is -2.25. The van der Waals surface area contributed by atoms with Gasteiger partial charge >= 0.3 is 5.97 Å². The van der Waals surface area contributed by atoms with Gasteiger partial charge in [0.05, 0.1) is 25.7 Å². The van der Waals surface area contributed by atoms with Crippen LogP contribution in [0, 0.1) is 31.6 Å². The molecule has 4 heterocycles. The van der Waals surface area contributed by atoms with Crippen LogP contribution < -0.4 is 5.32 Å². The van der Waals surface area contributed by atoms with Crippen LogP contribution >= 0.6 is 0 Å². The van der Waals surface area contributed by atoms with Gasteiger partial charge in [-0.15, -0.1) is 0 Å². The van der Waals surface area contributed by atoms with Crippen LogP contribution in [0.4, 0.5) is 0 Å². The summed E-state index contributed by atoms with van der Waals surface area (Å²) in [6, 6.07) is 9.92. The molecule has 3 aliphatic heterocycles. The lowest BCUT2D eigenvalue weighted by molar-refractivity contribution is -0.125. The molecule has 39 heavy (non-hydrogen) atoms. The van der Waals surface area contributed by atoms with Gasteiger partial charge < -0.3 is 24.1 Å². The first kappa shape index (κ1) is 27.8. The molecule has 0 aliphatic carbocycles. The topological polar surface area (TPSA) is 118 Å². The zero-order valence-corrected chi connectivity index (χ0v) is 23.5. The maximum atomic E-state index is 13.6. The molecule has 10 nitrogen and oxygen atoms in total. The highest BCUT2D eigenvalue weighted by molar-refractivity contribution is 7.89. The molecule has 3 saturated heterocycles. The second-order valence-electron chi connectivity index (χ2n) is 10.8. The van der Waals surface area contributed by atoms with Gasteiger partial charge in [0, 0.05) is 39.3 Å². The zero-order valence-electron chi connectivity index (χ0n) is 22.7. The van der Waals surface area contributed by atoms with Crippen molar-refractivity contribution in [2.45, 2.75) is 37.6 Å². The number of rotatable bonds is 9. The molecule has 3 unspecified atom stereocenters. The number of amides is 1. The average molecular weight is 560 g/mol. The second kappa shape index (κ2) is 11.4. The zero-order chi connectivity index (χ0) is 27.7. The Hall–Kier alpha value is -2.73. The van der Waals surface area contributed by atoms with Crippen LogP contribution in [-0.4, -0.2) is 82.5 Å². The number of nitrogens with one attached hydrogen (secondary N) is 1. The minimum absolute atomic E-state index is 0.0214. The normalized spacial score (nSPS) is 24.5. The Morgan fingerprint density at radius 3 is 2.38 bits per heavy atom. The number of furan rings is 1. The van der Waals surface area contributed by atoms with Gasteiger partial charge in [0.2, 0.25) is 15.9 Å². The number of ether oxygens (including phenoxy) is 2. The number of esters is 1. The fourth-order valence-corrected chi connectivity index (χ4v) is 8.14. The van der Waals surface area contributed by atoms with E-state index < -0.39 is 16.0 Å². The number of hydrogen-bond donors (Lipinski definition) is 1. The molecule has 1 amide bonds. The maximum absolute atomic E-state index is 13.6. The molecule has 1 aromatic heterocycles. The fourth-order valence-electron chi connectivity index (χ4n) is 6.22. The molecule has 3 aliphatic rings. The Bertz CT molecular complexity index is 1290. The summed E-state index contributed by atoms with van der Waals surface area (Å²) < 4.78 is 44.4. The number of nitrogens with zero attached hydrogens (tertiary/aromatic N) is 2. The lowest BCUT2D eigenvalue weighted by Crippen LogP contribution is -2.37. The van der Waals surface area contributed by atoms with E-state index in [9.17, 15) is 18.0 Å². The van der Waals surface area contributed by atoms with Crippen LogP contribution in [0.3, 0.4) is 0 Å². The van der Waals surface area contributed by atoms with E-state index in [0.717, 1.165) is 38.0 Å².